The van der Waals surface area contributed by atoms with E-state index in [4.69, 9.17) is 9.84 Å². The number of anilines is 2. The number of benzene rings is 1. The molecule has 172 valence electrons. The SMILES string of the molecule is Cc1ccc(C(=O)Nc2ccc(N3CCC(COC4=CC(C(=O)O)=CCC4)CC3)nc2)cc1. The molecular formula is C26H29N3O4. The van der Waals surface area contributed by atoms with E-state index < -0.39 is 5.97 Å². The molecule has 7 heteroatoms. The number of aliphatic carboxylic acids is 1. The van der Waals surface area contributed by atoms with Crippen molar-refractivity contribution in [3.05, 3.63) is 77.2 Å². The Morgan fingerprint density at radius 3 is 2.58 bits per heavy atom. The van der Waals surface area contributed by atoms with Gasteiger partial charge in [0.1, 0.15) is 5.82 Å². The lowest BCUT2D eigenvalue weighted by molar-refractivity contribution is -0.132. The molecule has 0 bridgehead atoms. The van der Waals surface area contributed by atoms with E-state index in [1.807, 2.05) is 43.3 Å². The maximum Gasteiger partial charge on any atom is 0.335 e. The number of amides is 1. The number of hydrogen-bond acceptors (Lipinski definition) is 5. The van der Waals surface area contributed by atoms with Gasteiger partial charge in [-0.3, -0.25) is 4.79 Å². The summed E-state index contributed by atoms with van der Waals surface area (Å²) < 4.78 is 5.92. The number of aromatic nitrogens is 1. The third-order valence-corrected chi connectivity index (χ3v) is 6.08. The minimum absolute atomic E-state index is 0.149. The van der Waals surface area contributed by atoms with Crippen molar-refractivity contribution >= 4 is 23.4 Å². The summed E-state index contributed by atoms with van der Waals surface area (Å²) in [4.78, 5) is 30.3. The van der Waals surface area contributed by atoms with Gasteiger partial charge in [-0.05, 0) is 62.4 Å². The molecule has 1 saturated heterocycles. The fourth-order valence-electron chi connectivity index (χ4n) is 4.05. The molecule has 1 fully saturated rings. The summed E-state index contributed by atoms with van der Waals surface area (Å²) >= 11 is 0. The van der Waals surface area contributed by atoms with Gasteiger partial charge < -0.3 is 20.1 Å². The number of nitrogens with one attached hydrogen (secondary N) is 1. The highest BCUT2D eigenvalue weighted by atomic mass is 16.5. The van der Waals surface area contributed by atoms with Crippen LogP contribution in [0.4, 0.5) is 11.5 Å². The first kappa shape index (κ1) is 22.6. The van der Waals surface area contributed by atoms with Crippen LogP contribution in [0.25, 0.3) is 0 Å². The molecule has 4 rings (SSSR count). The van der Waals surface area contributed by atoms with Crippen LogP contribution in [0.1, 0.15) is 41.6 Å². The zero-order valence-electron chi connectivity index (χ0n) is 18.8. The van der Waals surface area contributed by atoms with Crippen LogP contribution >= 0.6 is 0 Å². The lowest BCUT2D eigenvalue weighted by Gasteiger charge is -2.33. The molecule has 2 aliphatic rings. The molecule has 7 nitrogen and oxygen atoms in total. The third kappa shape index (κ3) is 6.00. The molecule has 0 spiro atoms. The van der Waals surface area contributed by atoms with Gasteiger partial charge >= 0.3 is 5.97 Å². The van der Waals surface area contributed by atoms with Gasteiger partial charge in [0, 0.05) is 25.1 Å². The number of nitrogens with zero attached hydrogens (tertiary/aromatic N) is 2. The van der Waals surface area contributed by atoms with E-state index >= 15 is 0 Å². The quantitative estimate of drug-likeness (QED) is 0.646. The Balaban J connectivity index is 1.24. The summed E-state index contributed by atoms with van der Waals surface area (Å²) in [6.07, 6.45) is 8.51. The van der Waals surface area contributed by atoms with Gasteiger partial charge in [-0.25, -0.2) is 9.78 Å². The fourth-order valence-corrected chi connectivity index (χ4v) is 4.05. The summed E-state index contributed by atoms with van der Waals surface area (Å²) in [6, 6.07) is 11.3. The number of carbonyl (C=O) groups excluding carboxylic acids is 1. The van der Waals surface area contributed by atoms with Crippen LogP contribution in [0, 0.1) is 12.8 Å². The van der Waals surface area contributed by atoms with Gasteiger partial charge in [0.05, 0.1) is 29.8 Å². The second kappa shape index (κ2) is 10.3. The van der Waals surface area contributed by atoms with Gasteiger partial charge in [0.25, 0.3) is 5.91 Å². The Kier molecular flexibility index (Phi) is 7.07. The third-order valence-electron chi connectivity index (χ3n) is 6.08. The van der Waals surface area contributed by atoms with E-state index in [-0.39, 0.29) is 5.91 Å². The van der Waals surface area contributed by atoms with Gasteiger partial charge in [-0.2, -0.15) is 0 Å². The Bertz CT molecular complexity index is 1050. The Labute approximate surface area is 193 Å². The van der Waals surface area contributed by atoms with E-state index in [0.29, 0.717) is 35.8 Å². The zero-order valence-corrected chi connectivity index (χ0v) is 18.8. The maximum absolute atomic E-state index is 12.4. The van der Waals surface area contributed by atoms with Crippen molar-refractivity contribution in [1.29, 1.82) is 0 Å². The topological polar surface area (TPSA) is 91.8 Å². The molecule has 33 heavy (non-hydrogen) atoms. The molecule has 2 heterocycles. The minimum atomic E-state index is -0.905. The highest BCUT2D eigenvalue weighted by Gasteiger charge is 2.22. The normalized spacial score (nSPS) is 16.6. The van der Waals surface area contributed by atoms with Crippen molar-refractivity contribution in [2.75, 3.05) is 29.9 Å². The van der Waals surface area contributed by atoms with Crippen LogP contribution < -0.4 is 10.2 Å². The molecule has 1 aliphatic heterocycles. The predicted molar refractivity (Wildman–Crippen MR) is 127 cm³/mol. The molecule has 0 unspecified atom stereocenters. The van der Waals surface area contributed by atoms with Crippen LogP contribution in [-0.2, 0) is 9.53 Å². The summed E-state index contributed by atoms with van der Waals surface area (Å²) in [5.41, 5.74) is 2.72. The van der Waals surface area contributed by atoms with Crippen LogP contribution in [-0.4, -0.2) is 41.7 Å². The van der Waals surface area contributed by atoms with E-state index in [1.165, 1.54) is 0 Å². The van der Waals surface area contributed by atoms with E-state index in [9.17, 15) is 9.59 Å². The number of rotatable bonds is 7. The Morgan fingerprint density at radius 1 is 1.15 bits per heavy atom. The summed E-state index contributed by atoms with van der Waals surface area (Å²) in [7, 11) is 0. The number of carbonyl (C=O) groups is 2. The van der Waals surface area contributed by atoms with Crippen LogP contribution in [0.5, 0.6) is 0 Å². The number of carboxylic acid groups (broad SMARTS) is 1. The van der Waals surface area contributed by atoms with Crippen LogP contribution in [0.2, 0.25) is 0 Å². The van der Waals surface area contributed by atoms with Crippen molar-refractivity contribution in [2.24, 2.45) is 5.92 Å². The molecular weight excluding hydrogens is 418 g/mol. The summed E-state index contributed by atoms with van der Waals surface area (Å²) in [5, 5.41) is 12.0. The highest BCUT2D eigenvalue weighted by molar-refractivity contribution is 6.04. The summed E-state index contributed by atoms with van der Waals surface area (Å²) in [5.74, 6) is 1.05. The molecule has 1 aromatic carbocycles. The van der Waals surface area contributed by atoms with E-state index in [2.05, 4.69) is 15.2 Å². The number of piperidine rings is 1. The number of ether oxygens (including phenoxy) is 1. The van der Waals surface area contributed by atoms with Crippen molar-refractivity contribution in [1.82, 2.24) is 4.98 Å². The van der Waals surface area contributed by atoms with Gasteiger partial charge in [-0.1, -0.05) is 23.8 Å². The highest BCUT2D eigenvalue weighted by Crippen LogP contribution is 2.25. The Hall–Kier alpha value is -3.61. The summed E-state index contributed by atoms with van der Waals surface area (Å²) in [6.45, 7) is 4.37. The van der Waals surface area contributed by atoms with E-state index in [0.717, 1.165) is 49.5 Å². The van der Waals surface area contributed by atoms with Gasteiger partial charge in [0.2, 0.25) is 0 Å². The Morgan fingerprint density at radius 2 is 1.91 bits per heavy atom. The first-order chi connectivity index (χ1) is 16.0. The van der Waals surface area contributed by atoms with Crippen molar-refractivity contribution in [3.8, 4) is 0 Å². The van der Waals surface area contributed by atoms with Crippen molar-refractivity contribution in [2.45, 2.75) is 32.6 Å². The number of aryl methyl sites for hydroxylation is 1. The number of allylic oxidation sites excluding steroid dienone is 2. The number of hydrogen-bond donors (Lipinski definition) is 2. The molecule has 1 aromatic heterocycles. The smallest absolute Gasteiger partial charge is 0.335 e. The van der Waals surface area contributed by atoms with Gasteiger partial charge in [-0.15, -0.1) is 0 Å². The van der Waals surface area contributed by atoms with Crippen molar-refractivity contribution in [3.63, 3.8) is 0 Å². The largest absolute Gasteiger partial charge is 0.498 e. The lowest BCUT2D eigenvalue weighted by atomic mass is 9.97. The van der Waals surface area contributed by atoms with Gasteiger partial charge in [0.15, 0.2) is 0 Å². The molecule has 2 aromatic rings. The predicted octanol–water partition coefficient (Wildman–Crippen LogP) is 4.56. The first-order valence-electron chi connectivity index (χ1n) is 11.3. The van der Waals surface area contributed by atoms with Crippen LogP contribution in [0.3, 0.4) is 0 Å². The van der Waals surface area contributed by atoms with Crippen molar-refractivity contribution < 1.29 is 19.4 Å². The second-order valence-electron chi connectivity index (χ2n) is 8.58. The molecule has 1 aliphatic carbocycles. The average molecular weight is 448 g/mol. The minimum Gasteiger partial charge on any atom is -0.498 e. The molecule has 0 radical (unpaired) electrons. The standard InChI is InChI=1S/C26H29N3O4/c1-18-5-7-20(8-6-18)25(30)28-22-9-10-24(27-16-22)29-13-11-19(12-14-29)17-33-23-4-2-3-21(15-23)26(31)32/h3,5-10,15-16,19H,2,4,11-14,17H2,1H3,(H,28,30)(H,31,32). The fraction of sp³-hybridized carbons (Fsp3) is 0.346. The average Bonchev–Trinajstić information content (AvgIpc) is 2.84. The number of carboxylic acids is 1. The molecule has 0 atom stereocenters. The first-order valence-corrected chi connectivity index (χ1v) is 11.3. The lowest BCUT2D eigenvalue weighted by Crippen LogP contribution is -2.35. The zero-order chi connectivity index (χ0) is 23.2. The molecule has 2 N–H and O–H groups in total. The maximum atomic E-state index is 12.4. The van der Waals surface area contributed by atoms with E-state index in [1.54, 1.807) is 18.3 Å². The molecule has 1 amide bonds. The van der Waals surface area contributed by atoms with Crippen LogP contribution in [0.15, 0.2) is 66.1 Å². The number of pyridine rings is 1. The monoisotopic (exact) mass is 447 g/mol. The molecule has 0 saturated carbocycles. The second-order valence-corrected chi connectivity index (χ2v) is 8.58.